The van der Waals surface area contributed by atoms with Crippen LogP contribution in [0.15, 0.2) is 18.2 Å². The maximum atomic E-state index is 10.5. The minimum atomic E-state index is -0.993. The zero-order valence-electron chi connectivity index (χ0n) is 11.4. The highest BCUT2D eigenvalue weighted by atomic mass is 35.5. The smallest absolute Gasteiger partial charge is 0.329 e. The van der Waals surface area contributed by atoms with E-state index in [1.807, 2.05) is 12.1 Å². The number of carboxylic acid groups (broad SMARTS) is 1. The van der Waals surface area contributed by atoms with E-state index in [1.54, 1.807) is 6.07 Å². The van der Waals surface area contributed by atoms with Crippen LogP contribution < -0.4 is 5.32 Å². The Kier molecular flexibility index (Phi) is 6.26. The molecule has 0 spiro atoms. The third-order valence-electron chi connectivity index (χ3n) is 3.30. The van der Waals surface area contributed by atoms with Crippen molar-refractivity contribution in [1.82, 2.24) is 5.32 Å². The fourth-order valence-electron chi connectivity index (χ4n) is 2.29. The van der Waals surface area contributed by atoms with Gasteiger partial charge >= 0.3 is 5.97 Å². The molecule has 0 aromatic heterocycles. The zero-order chi connectivity index (χ0) is 15.2. The molecule has 0 bridgehead atoms. The summed E-state index contributed by atoms with van der Waals surface area (Å²) in [4.78, 5) is 10.5. The molecule has 2 atom stereocenters. The minimum Gasteiger partial charge on any atom is -0.480 e. The fourth-order valence-corrected chi connectivity index (χ4v) is 2.60. The average Bonchev–Trinajstić information content (AvgIpc) is 2.67. The van der Waals surface area contributed by atoms with E-state index in [9.17, 15) is 4.79 Å². The molecule has 2 rings (SSSR count). The van der Waals surface area contributed by atoms with E-state index in [2.05, 4.69) is 5.32 Å². The summed E-state index contributed by atoms with van der Waals surface area (Å²) >= 11 is 12.0. The number of benzene rings is 1. The first-order chi connectivity index (χ1) is 10.1. The third-order valence-corrected chi connectivity index (χ3v) is 4.04. The van der Waals surface area contributed by atoms with Crippen LogP contribution in [-0.2, 0) is 14.3 Å². The second kappa shape index (κ2) is 7.96. The number of aliphatic carboxylic acids is 1. The van der Waals surface area contributed by atoms with Gasteiger partial charge < -0.3 is 19.9 Å². The van der Waals surface area contributed by atoms with Crippen LogP contribution in [0.3, 0.4) is 0 Å². The van der Waals surface area contributed by atoms with E-state index >= 15 is 0 Å². The molecule has 1 aromatic carbocycles. The van der Waals surface area contributed by atoms with Gasteiger partial charge in [-0.15, -0.1) is 0 Å². The predicted molar refractivity (Wildman–Crippen MR) is 80.3 cm³/mol. The second-order valence-corrected chi connectivity index (χ2v) is 5.62. The van der Waals surface area contributed by atoms with Crippen molar-refractivity contribution in [2.24, 2.45) is 0 Å². The van der Waals surface area contributed by atoms with Crippen molar-refractivity contribution in [1.29, 1.82) is 0 Å². The molecule has 7 heteroatoms. The summed E-state index contributed by atoms with van der Waals surface area (Å²) in [5.41, 5.74) is 0.989. The van der Waals surface area contributed by atoms with E-state index < -0.39 is 5.97 Å². The van der Waals surface area contributed by atoms with E-state index in [4.69, 9.17) is 37.8 Å². The van der Waals surface area contributed by atoms with E-state index in [0.717, 1.165) is 12.1 Å². The Hall–Kier alpha value is -0.850. The number of hydrogen-bond acceptors (Lipinski definition) is 4. The SMILES string of the molecule is O=C(O)COCC1OCCNCC1c1ccc(Cl)c(Cl)c1. The average molecular weight is 334 g/mol. The standard InChI is InChI=1S/C14H17Cl2NO4/c15-11-2-1-9(5-12(11)16)10-6-17-3-4-21-13(10)7-20-8-14(18)19/h1-2,5,10,13,17H,3-4,6-8H2,(H,18,19). The van der Waals surface area contributed by atoms with Gasteiger partial charge in [-0.05, 0) is 17.7 Å². The zero-order valence-corrected chi connectivity index (χ0v) is 12.9. The molecule has 1 fully saturated rings. The summed E-state index contributed by atoms with van der Waals surface area (Å²) in [5.74, 6) is -0.969. The second-order valence-electron chi connectivity index (χ2n) is 4.80. The number of nitrogens with one attached hydrogen (secondary N) is 1. The maximum absolute atomic E-state index is 10.5. The molecular formula is C14H17Cl2NO4. The van der Waals surface area contributed by atoms with E-state index in [0.29, 0.717) is 23.2 Å². The summed E-state index contributed by atoms with van der Waals surface area (Å²) in [6.07, 6.45) is -0.225. The lowest BCUT2D eigenvalue weighted by atomic mass is 9.93. The molecule has 0 saturated carbocycles. The summed E-state index contributed by atoms with van der Waals surface area (Å²) in [7, 11) is 0. The van der Waals surface area contributed by atoms with Crippen molar-refractivity contribution in [3.05, 3.63) is 33.8 Å². The van der Waals surface area contributed by atoms with Gasteiger partial charge in [-0.2, -0.15) is 0 Å². The Morgan fingerprint density at radius 3 is 2.95 bits per heavy atom. The molecule has 2 unspecified atom stereocenters. The maximum Gasteiger partial charge on any atom is 0.329 e. The predicted octanol–water partition coefficient (Wildman–Crippen LogP) is 2.17. The van der Waals surface area contributed by atoms with Crippen molar-refractivity contribution in [2.45, 2.75) is 12.0 Å². The van der Waals surface area contributed by atoms with Crippen LogP contribution in [0.25, 0.3) is 0 Å². The van der Waals surface area contributed by atoms with Gasteiger partial charge in [0.05, 0.1) is 29.4 Å². The van der Waals surface area contributed by atoms with Crippen molar-refractivity contribution in [2.75, 3.05) is 32.9 Å². The van der Waals surface area contributed by atoms with Gasteiger partial charge in [-0.25, -0.2) is 4.79 Å². The monoisotopic (exact) mass is 333 g/mol. The molecule has 0 aliphatic carbocycles. The number of rotatable bonds is 5. The number of carboxylic acids is 1. The topological polar surface area (TPSA) is 67.8 Å². The van der Waals surface area contributed by atoms with Crippen molar-refractivity contribution in [3.8, 4) is 0 Å². The van der Waals surface area contributed by atoms with Crippen molar-refractivity contribution < 1.29 is 19.4 Å². The number of carbonyl (C=O) groups is 1. The van der Waals surface area contributed by atoms with Crippen LogP contribution in [0.2, 0.25) is 10.0 Å². The Morgan fingerprint density at radius 2 is 2.24 bits per heavy atom. The van der Waals surface area contributed by atoms with E-state index in [-0.39, 0.29) is 25.2 Å². The quantitative estimate of drug-likeness (QED) is 0.864. The molecule has 1 aromatic rings. The summed E-state index contributed by atoms with van der Waals surface area (Å²) in [5, 5.41) is 12.9. The molecule has 0 amide bonds. The van der Waals surface area contributed by atoms with Crippen LogP contribution in [0, 0.1) is 0 Å². The Balaban J connectivity index is 2.10. The van der Waals surface area contributed by atoms with Gasteiger partial charge in [-0.1, -0.05) is 29.3 Å². The molecular weight excluding hydrogens is 317 g/mol. The van der Waals surface area contributed by atoms with Crippen LogP contribution in [0.5, 0.6) is 0 Å². The first kappa shape index (κ1) is 16.5. The fraction of sp³-hybridized carbons (Fsp3) is 0.500. The molecule has 1 saturated heterocycles. The molecule has 5 nitrogen and oxygen atoms in total. The number of halogens is 2. The molecule has 21 heavy (non-hydrogen) atoms. The normalized spacial score (nSPS) is 22.8. The van der Waals surface area contributed by atoms with Crippen LogP contribution in [-0.4, -0.2) is 50.1 Å². The first-order valence-corrected chi connectivity index (χ1v) is 7.40. The number of hydrogen-bond donors (Lipinski definition) is 2. The highest BCUT2D eigenvalue weighted by Crippen LogP contribution is 2.29. The third kappa shape index (κ3) is 4.83. The van der Waals surface area contributed by atoms with Gasteiger partial charge in [-0.3, -0.25) is 0 Å². The Morgan fingerprint density at radius 1 is 1.43 bits per heavy atom. The molecule has 1 aliphatic heterocycles. The van der Waals surface area contributed by atoms with Gasteiger partial charge in [0.1, 0.15) is 6.61 Å². The molecule has 1 heterocycles. The van der Waals surface area contributed by atoms with Crippen LogP contribution in [0.1, 0.15) is 11.5 Å². The van der Waals surface area contributed by atoms with Crippen molar-refractivity contribution in [3.63, 3.8) is 0 Å². The first-order valence-electron chi connectivity index (χ1n) is 6.64. The summed E-state index contributed by atoms with van der Waals surface area (Å²) < 4.78 is 10.9. The highest BCUT2D eigenvalue weighted by molar-refractivity contribution is 6.42. The van der Waals surface area contributed by atoms with E-state index in [1.165, 1.54) is 0 Å². The lowest BCUT2D eigenvalue weighted by Crippen LogP contribution is -2.31. The summed E-state index contributed by atoms with van der Waals surface area (Å²) in [6, 6.07) is 5.47. The van der Waals surface area contributed by atoms with Gasteiger partial charge in [0.25, 0.3) is 0 Å². The highest BCUT2D eigenvalue weighted by Gasteiger charge is 2.27. The number of ether oxygens (including phenoxy) is 2. The van der Waals surface area contributed by atoms with Gasteiger partial charge in [0.15, 0.2) is 0 Å². The van der Waals surface area contributed by atoms with Gasteiger partial charge in [0.2, 0.25) is 0 Å². The lowest BCUT2D eigenvalue weighted by molar-refractivity contribution is -0.143. The van der Waals surface area contributed by atoms with Crippen molar-refractivity contribution >= 4 is 29.2 Å². The molecule has 1 aliphatic rings. The lowest BCUT2D eigenvalue weighted by Gasteiger charge is -2.25. The molecule has 116 valence electrons. The molecule has 2 N–H and O–H groups in total. The van der Waals surface area contributed by atoms with Crippen LogP contribution in [0.4, 0.5) is 0 Å². The van der Waals surface area contributed by atoms with Gasteiger partial charge in [0, 0.05) is 19.0 Å². The Bertz CT molecular complexity index is 498. The minimum absolute atomic E-state index is 0.0241. The largest absolute Gasteiger partial charge is 0.480 e. The van der Waals surface area contributed by atoms with Crippen LogP contribution >= 0.6 is 23.2 Å². The molecule has 0 radical (unpaired) electrons. The summed E-state index contributed by atoms with van der Waals surface area (Å²) in [6.45, 7) is 1.89. The Labute approximate surface area is 133 Å².